The van der Waals surface area contributed by atoms with Gasteiger partial charge in [0.15, 0.2) is 0 Å². The Labute approximate surface area is 111 Å². The van der Waals surface area contributed by atoms with Gasteiger partial charge in [0.2, 0.25) is 10.0 Å². The van der Waals surface area contributed by atoms with Gasteiger partial charge >= 0.3 is 0 Å². The zero-order chi connectivity index (χ0) is 13.9. The van der Waals surface area contributed by atoms with E-state index >= 15 is 0 Å². The second-order valence-corrected chi connectivity index (χ2v) is 5.73. The van der Waals surface area contributed by atoms with Crippen molar-refractivity contribution < 1.29 is 12.8 Å². The Morgan fingerprint density at radius 3 is 2.53 bits per heavy atom. The van der Waals surface area contributed by atoms with Crippen molar-refractivity contribution in [3.63, 3.8) is 0 Å². The van der Waals surface area contributed by atoms with Gasteiger partial charge < -0.3 is 5.73 Å². The van der Waals surface area contributed by atoms with Crippen LogP contribution in [0.25, 0.3) is 0 Å². The standard InChI is InChI=1S/C13H13FN2O2S/c14-11-5-3-4-10(8-11)9-16-19(17,18)13-7-2-1-6-12(13)15/h1-8,16H,9,15H2. The molecule has 0 radical (unpaired) electrons. The number of nitrogens with one attached hydrogen (secondary N) is 1. The molecule has 0 fully saturated rings. The van der Waals surface area contributed by atoms with Crippen LogP contribution < -0.4 is 10.5 Å². The summed E-state index contributed by atoms with van der Waals surface area (Å²) in [5.41, 5.74) is 6.34. The molecule has 0 aliphatic carbocycles. The molecule has 0 aromatic heterocycles. The number of hydrogen-bond acceptors (Lipinski definition) is 3. The number of anilines is 1. The van der Waals surface area contributed by atoms with E-state index in [1.54, 1.807) is 18.2 Å². The molecule has 0 amide bonds. The second-order valence-electron chi connectivity index (χ2n) is 3.99. The number of para-hydroxylation sites is 1. The largest absolute Gasteiger partial charge is 0.398 e. The van der Waals surface area contributed by atoms with Gasteiger partial charge in [0.25, 0.3) is 0 Å². The van der Waals surface area contributed by atoms with Crippen molar-refractivity contribution in [2.45, 2.75) is 11.4 Å². The van der Waals surface area contributed by atoms with Gasteiger partial charge in [0, 0.05) is 6.54 Å². The van der Waals surface area contributed by atoms with Gasteiger partial charge in [-0.3, -0.25) is 0 Å². The van der Waals surface area contributed by atoms with E-state index < -0.39 is 15.8 Å². The minimum Gasteiger partial charge on any atom is -0.398 e. The molecule has 0 atom stereocenters. The van der Waals surface area contributed by atoms with Gasteiger partial charge in [0.05, 0.1) is 5.69 Å². The van der Waals surface area contributed by atoms with Crippen LogP contribution in [0.4, 0.5) is 10.1 Å². The van der Waals surface area contributed by atoms with Crippen LogP contribution in [-0.4, -0.2) is 8.42 Å². The number of sulfonamides is 1. The first-order valence-electron chi connectivity index (χ1n) is 5.58. The fraction of sp³-hybridized carbons (Fsp3) is 0.0769. The SMILES string of the molecule is Nc1ccccc1S(=O)(=O)NCc1cccc(F)c1. The summed E-state index contributed by atoms with van der Waals surface area (Å²) in [7, 11) is -3.70. The van der Waals surface area contributed by atoms with Crippen LogP contribution in [0.1, 0.15) is 5.56 Å². The summed E-state index contributed by atoms with van der Waals surface area (Å²) < 4.78 is 39.4. The lowest BCUT2D eigenvalue weighted by atomic mass is 10.2. The Balaban J connectivity index is 2.17. The average Bonchev–Trinajstić information content (AvgIpc) is 2.37. The molecule has 3 N–H and O–H groups in total. The topological polar surface area (TPSA) is 72.2 Å². The van der Waals surface area contributed by atoms with E-state index in [1.807, 2.05) is 0 Å². The Hall–Kier alpha value is -1.92. The molecule has 2 rings (SSSR count). The highest BCUT2D eigenvalue weighted by molar-refractivity contribution is 7.89. The molecule has 0 saturated carbocycles. The smallest absolute Gasteiger partial charge is 0.242 e. The summed E-state index contributed by atoms with van der Waals surface area (Å²) in [5, 5.41) is 0. The molecule has 2 aromatic rings. The van der Waals surface area contributed by atoms with Crippen LogP contribution in [0.3, 0.4) is 0 Å². The van der Waals surface area contributed by atoms with Gasteiger partial charge in [0.1, 0.15) is 10.7 Å². The van der Waals surface area contributed by atoms with Crippen LogP contribution in [0.5, 0.6) is 0 Å². The Morgan fingerprint density at radius 1 is 1.11 bits per heavy atom. The number of halogens is 1. The fourth-order valence-electron chi connectivity index (χ4n) is 1.63. The van der Waals surface area contributed by atoms with Crippen molar-refractivity contribution >= 4 is 15.7 Å². The monoisotopic (exact) mass is 280 g/mol. The minimum absolute atomic E-state index is 0.00836. The Kier molecular flexibility index (Phi) is 3.82. The van der Waals surface area contributed by atoms with Crippen molar-refractivity contribution in [3.05, 3.63) is 59.9 Å². The van der Waals surface area contributed by atoms with E-state index in [2.05, 4.69) is 4.72 Å². The van der Waals surface area contributed by atoms with Gasteiger partial charge in [-0.15, -0.1) is 0 Å². The molecule has 0 aliphatic heterocycles. The molecule has 0 unspecified atom stereocenters. The van der Waals surface area contributed by atoms with E-state index in [0.717, 1.165) is 0 Å². The zero-order valence-corrected chi connectivity index (χ0v) is 10.8. The highest BCUT2D eigenvalue weighted by Crippen LogP contribution is 2.17. The maximum absolute atomic E-state index is 13.0. The molecule has 6 heteroatoms. The van der Waals surface area contributed by atoms with E-state index in [0.29, 0.717) is 5.56 Å². The van der Waals surface area contributed by atoms with Crippen LogP contribution in [0.15, 0.2) is 53.4 Å². The lowest BCUT2D eigenvalue weighted by Crippen LogP contribution is -2.24. The summed E-state index contributed by atoms with van der Waals surface area (Å²) in [6, 6.07) is 11.9. The first kappa shape index (κ1) is 13.5. The number of rotatable bonds is 4. The molecule has 100 valence electrons. The molecular weight excluding hydrogens is 267 g/mol. The predicted molar refractivity (Wildman–Crippen MR) is 71.3 cm³/mol. The Morgan fingerprint density at radius 2 is 1.84 bits per heavy atom. The molecule has 19 heavy (non-hydrogen) atoms. The van der Waals surface area contributed by atoms with Crippen molar-refractivity contribution in [2.75, 3.05) is 5.73 Å². The van der Waals surface area contributed by atoms with Crippen molar-refractivity contribution in [1.29, 1.82) is 0 Å². The highest BCUT2D eigenvalue weighted by Gasteiger charge is 2.16. The number of nitrogen functional groups attached to an aromatic ring is 1. The molecule has 0 spiro atoms. The number of hydrogen-bond donors (Lipinski definition) is 2. The van der Waals surface area contributed by atoms with Gasteiger partial charge in [-0.25, -0.2) is 17.5 Å². The third kappa shape index (κ3) is 3.30. The maximum Gasteiger partial charge on any atom is 0.242 e. The first-order valence-corrected chi connectivity index (χ1v) is 7.06. The lowest BCUT2D eigenvalue weighted by molar-refractivity contribution is 0.580. The molecule has 2 aromatic carbocycles. The van der Waals surface area contributed by atoms with Crippen molar-refractivity contribution in [2.24, 2.45) is 0 Å². The van der Waals surface area contributed by atoms with Crippen LogP contribution in [-0.2, 0) is 16.6 Å². The van der Waals surface area contributed by atoms with Crippen LogP contribution >= 0.6 is 0 Å². The van der Waals surface area contributed by atoms with E-state index in [1.165, 1.54) is 30.3 Å². The third-order valence-electron chi connectivity index (χ3n) is 2.56. The number of benzene rings is 2. The van der Waals surface area contributed by atoms with Crippen molar-refractivity contribution in [3.8, 4) is 0 Å². The summed E-state index contributed by atoms with van der Waals surface area (Å²) in [6.45, 7) is 0.00836. The quantitative estimate of drug-likeness (QED) is 0.840. The molecular formula is C13H13FN2O2S. The molecule has 0 bridgehead atoms. The highest BCUT2D eigenvalue weighted by atomic mass is 32.2. The molecule has 4 nitrogen and oxygen atoms in total. The second kappa shape index (κ2) is 5.38. The lowest BCUT2D eigenvalue weighted by Gasteiger charge is -2.09. The van der Waals surface area contributed by atoms with E-state index in [9.17, 15) is 12.8 Å². The van der Waals surface area contributed by atoms with E-state index in [-0.39, 0.29) is 17.1 Å². The predicted octanol–water partition coefficient (Wildman–Crippen LogP) is 1.89. The van der Waals surface area contributed by atoms with Gasteiger partial charge in [-0.1, -0.05) is 24.3 Å². The molecule has 0 saturated heterocycles. The molecule has 0 heterocycles. The summed E-state index contributed by atoms with van der Waals surface area (Å²) in [6.07, 6.45) is 0. The summed E-state index contributed by atoms with van der Waals surface area (Å²) >= 11 is 0. The minimum atomic E-state index is -3.70. The normalized spacial score (nSPS) is 11.4. The summed E-state index contributed by atoms with van der Waals surface area (Å²) in [4.78, 5) is 0.0198. The van der Waals surface area contributed by atoms with E-state index in [4.69, 9.17) is 5.73 Å². The first-order chi connectivity index (χ1) is 8.99. The zero-order valence-electron chi connectivity index (χ0n) is 10.0. The van der Waals surface area contributed by atoms with Crippen molar-refractivity contribution in [1.82, 2.24) is 4.72 Å². The summed E-state index contributed by atoms with van der Waals surface area (Å²) in [5.74, 6) is -0.407. The van der Waals surface area contributed by atoms with Gasteiger partial charge in [-0.2, -0.15) is 0 Å². The average molecular weight is 280 g/mol. The maximum atomic E-state index is 13.0. The Bertz CT molecular complexity index is 687. The third-order valence-corrected chi connectivity index (χ3v) is 4.04. The van der Waals surface area contributed by atoms with Crippen LogP contribution in [0.2, 0.25) is 0 Å². The molecule has 0 aliphatic rings. The fourth-order valence-corrected chi connectivity index (χ4v) is 2.78. The van der Waals surface area contributed by atoms with Crippen LogP contribution in [0, 0.1) is 5.82 Å². The number of nitrogens with two attached hydrogens (primary N) is 1. The van der Waals surface area contributed by atoms with Gasteiger partial charge in [-0.05, 0) is 29.8 Å².